The molecule has 0 radical (unpaired) electrons. The van der Waals surface area contributed by atoms with Gasteiger partial charge in [-0.15, -0.1) is 0 Å². The number of hydrogen-bond donors (Lipinski definition) is 2. The van der Waals surface area contributed by atoms with Gasteiger partial charge in [-0.3, -0.25) is 4.79 Å². The zero-order chi connectivity index (χ0) is 14.8. The van der Waals surface area contributed by atoms with Gasteiger partial charge in [-0.25, -0.2) is 0 Å². The number of aryl methyl sites for hydroxylation is 1. The second kappa shape index (κ2) is 6.05. The van der Waals surface area contributed by atoms with E-state index >= 15 is 0 Å². The number of anilines is 2. The van der Waals surface area contributed by atoms with Gasteiger partial charge in [-0.05, 0) is 65.3 Å². The summed E-state index contributed by atoms with van der Waals surface area (Å²) in [6.45, 7) is 2.75. The van der Waals surface area contributed by atoms with Gasteiger partial charge in [0.1, 0.15) is 0 Å². The maximum absolute atomic E-state index is 12.4. The number of fused-ring (bicyclic) bond motifs is 1. The van der Waals surface area contributed by atoms with Gasteiger partial charge >= 0.3 is 0 Å². The van der Waals surface area contributed by atoms with Gasteiger partial charge in [-0.2, -0.15) is 0 Å². The van der Waals surface area contributed by atoms with E-state index in [2.05, 4.69) is 52.3 Å². The Hall–Kier alpha value is -1.56. The lowest BCUT2D eigenvalue weighted by atomic mass is 9.93. The highest BCUT2D eigenvalue weighted by molar-refractivity contribution is 14.1. The fraction of sp³-hybridized carbons (Fsp3) is 0.235. The highest BCUT2D eigenvalue weighted by atomic mass is 127. The number of rotatable bonds is 2. The Balaban J connectivity index is 1.70. The standard InChI is InChI=1S/C17H17IN2O/c1-11-6-7-14(9-15(11)18)20-17(21)13-8-12-4-2-3-5-16(12)19-10-13/h2-7,9,13,19H,8,10H2,1H3,(H,20,21). The van der Waals surface area contributed by atoms with Crippen molar-refractivity contribution < 1.29 is 4.79 Å². The first-order chi connectivity index (χ1) is 10.1. The van der Waals surface area contributed by atoms with Crippen molar-refractivity contribution in [3.8, 4) is 0 Å². The van der Waals surface area contributed by atoms with Crippen molar-refractivity contribution in [1.29, 1.82) is 0 Å². The largest absolute Gasteiger partial charge is 0.384 e. The molecule has 1 aliphatic heterocycles. The summed E-state index contributed by atoms with van der Waals surface area (Å²) in [4.78, 5) is 12.4. The molecule has 3 rings (SSSR count). The van der Waals surface area contributed by atoms with E-state index in [1.807, 2.05) is 30.3 Å². The molecule has 3 nitrogen and oxygen atoms in total. The zero-order valence-corrected chi connectivity index (χ0v) is 14.0. The minimum absolute atomic E-state index is 0.0288. The van der Waals surface area contributed by atoms with Gasteiger partial charge in [0.15, 0.2) is 0 Å². The molecule has 1 unspecified atom stereocenters. The van der Waals surface area contributed by atoms with Crippen molar-refractivity contribution in [2.45, 2.75) is 13.3 Å². The smallest absolute Gasteiger partial charge is 0.229 e. The SMILES string of the molecule is Cc1ccc(NC(=O)C2CNc3ccccc3C2)cc1I. The topological polar surface area (TPSA) is 41.1 Å². The van der Waals surface area contributed by atoms with Crippen molar-refractivity contribution in [3.63, 3.8) is 0 Å². The van der Waals surface area contributed by atoms with Crippen molar-refractivity contribution in [3.05, 3.63) is 57.2 Å². The third kappa shape index (κ3) is 3.20. The fourth-order valence-electron chi connectivity index (χ4n) is 2.54. The monoisotopic (exact) mass is 392 g/mol. The predicted molar refractivity (Wildman–Crippen MR) is 94.7 cm³/mol. The number of para-hydroxylation sites is 1. The Kier molecular flexibility index (Phi) is 4.14. The molecule has 1 heterocycles. The first-order valence-electron chi connectivity index (χ1n) is 7.02. The van der Waals surface area contributed by atoms with Crippen molar-refractivity contribution >= 4 is 39.9 Å². The van der Waals surface area contributed by atoms with Gasteiger partial charge in [0, 0.05) is 21.5 Å². The molecule has 2 N–H and O–H groups in total. The predicted octanol–water partition coefficient (Wildman–Crippen LogP) is 3.82. The van der Waals surface area contributed by atoms with E-state index in [-0.39, 0.29) is 11.8 Å². The molecule has 0 fully saturated rings. The molecule has 1 amide bonds. The number of nitrogens with one attached hydrogen (secondary N) is 2. The van der Waals surface area contributed by atoms with Crippen LogP contribution in [0.1, 0.15) is 11.1 Å². The van der Waals surface area contributed by atoms with Crippen LogP contribution in [0.15, 0.2) is 42.5 Å². The molecule has 1 atom stereocenters. The van der Waals surface area contributed by atoms with E-state index in [0.29, 0.717) is 6.54 Å². The summed E-state index contributed by atoms with van der Waals surface area (Å²) in [5.41, 5.74) is 4.45. The van der Waals surface area contributed by atoms with Crippen molar-refractivity contribution in [2.75, 3.05) is 17.2 Å². The molecule has 0 aromatic heterocycles. The highest BCUT2D eigenvalue weighted by Gasteiger charge is 2.24. The Morgan fingerprint density at radius 3 is 2.90 bits per heavy atom. The number of amides is 1. The second-order valence-corrected chi connectivity index (χ2v) is 6.55. The van der Waals surface area contributed by atoms with Gasteiger partial charge in [0.25, 0.3) is 0 Å². The lowest BCUT2D eigenvalue weighted by molar-refractivity contribution is -0.119. The van der Waals surface area contributed by atoms with E-state index < -0.39 is 0 Å². The van der Waals surface area contributed by atoms with Crippen molar-refractivity contribution in [1.82, 2.24) is 0 Å². The minimum atomic E-state index is -0.0288. The van der Waals surface area contributed by atoms with E-state index in [4.69, 9.17) is 0 Å². The molecule has 21 heavy (non-hydrogen) atoms. The van der Waals surface area contributed by atoms with Crippen molar-refractivity contribution in [2.24, 2.45) is 5.92 Å². The van der Waals surface area contributed by atoms with Crippen LogP contribution in [0, 0.1) is 16.4 Å². The van der Waals surface area contributed by atoms with Crippen LogP contribution in [-0.4, -0.2) is 12.5 Å². The third-order valence-corrected chi connectivity index (χ3v) is 4.99. The molecular formula is C17H17IN2O. The van der Waals surface area contributed by atoms with Gasteiger partial charge in [0.2, 0.25) is 5.91 Å². The average molecular weight is 392 g/mol. The van der Waals surface area contributed by atoms with Gasteiger partial charge in [0.05, 0.1) is 5.92 Å². The summed E-state index contributed by atoms with van der Waals surface area (Å²) in [5.74, 6) is 0.0514. The molecule has 0 aliphatic carbocycles. The normalized spacial score (nSPS) is 16.8. The Morgan fingerprint density at radius 1 is 1.29 bits per heavy atom. The summed E-state index contributed by atoms with van der Waals surface area (Å²) < 4.78 is 1.16. The van der Waals surface area contributed by atoms with E-state index in [0.717, 1.165) is 21.4 Å². The van der Waals surface area contributed by atoms with Gasteiger partial charge in [-0.1, -0.05) is 24.3 Å². The quantitative estimate of drug-likeness (QED) is 0.763. The lowest BCUT2D eigenvalue weighted by Crippen LogP contribution is -2.33. The van der Waals surface area contributed by atoms with Crippen LogP contribution in [-0.2, 0) is 11.2 Å². The van der Waals surface area contributed by atoms with Crippen LogP contribution in [0.25, 0.3) is 0 Å². The number of benzene rings is 2. The Labute approximate surface area is 138 Å². The van der Waals surface area contributed by atoms with Crippen LogP contribution in [0.2, 0.25) is 0 Å². The Morgan fingerprint density at radius 2 is 2.10 bits per heavy atom. The number of carbonyl (C=O) groups is 1. The number of halogens is 1. The maximum atomic E-state index is 12.4. The molecule has 0 saturated heterocycles. The van der Waals surface area contributed by atoms with Crippen LogP contribution in [0.4, 0.5) is 11.4 Å². The van der Waals surface area contributed by atoms with Crippen LogP contribution >= 0.6 is 22.6 Å². The lowest BCUT2D eigenvalue weighted by Gasteiger charge is -2.25. The first-order valence-corrected chi connectivity index (χ1v) is 8.10. The summed E-state index contributed by atoms with van der Waals surface area (Å²) in [5, 5.41) is 6.36. The molecular weight excluding hydrogens is 375 g/mol. The zero-order valence-electron chi connectivity index (χ0n) is 11.8. The van der Waals surface area contributed by atoms with E-state index in [1.165, 1.54) is 11.1 Å². The summed E-state index contributed by atoms with van der Waals surface area (Å²) in [6, 6.07) is 14.2. The number of carbonyl (C=O) groups excluding carboxylic acids is 1. The average Bonchev–Trinajstić information content (AvgIpc) is 2.50. The summed E-state index contributed by atoms with van der Waals surface area (Å²) >= 11 is 2.29. The molecule has 0 spiro atoms. The highest BCUT2D eigenvalue weighted by Crippen LogP contribution is 2.25. The first kappa shape index (κ1) is 14.4. The second-order valence-electron chi connectivity index (χ2n) is 5.39. The number of hydrogen-bond acceptors (Lipinski definition) is 2. The maximum Gasteiger partial charge on any atom is 0.229 e. The molecule has 2 aromatic carbocycles. The third-order valence-electron chi connectivity index (χ3n) is 3.83. The molecule has 0 saturated carbocycles. The molecule has 4 heteroatoms. The Bertz CT molecular complexity index is 684. The summed E-state index contributed by atoms with van der Waals surface area (Å²) in [6.07, 6.45) is 0.790. The van der Waals surface area contributed by atoms with E-state index in [9.17, 15) is 4.79 Å². The molecule has 0 bridgehead atoms. The molecule has 108 valence electrons. The fourth-order valence-corrected chi connectivity index (χ4v) is 3.06. The van der Waals surface area contributed by atoms with Gasteiger partial charge < -0.3 is 10.6 Å². The van der Waals surface area contributed by atoms with E-state index in [1.54, 1.807) is 0 Å². The minimum Gasteiger partial charge on any atom is -0.384 e. The molecule has 2 aromatic rings. The van der Waals surface area contributed by atoms with Crippen LogP contribution in [0.5, 0.6) is 0 Å². The van der Waals surface area contributed by atoms with Crippen LogP contribution < -0.4 is 10.6 Å². The van der Waals surface area contributed by atoms with Crippen LogP contribution in [0.3, 0.4) is 0 Å². The summed E-state index contributed by atoms with van der Waals surface area (Å²) in [7, 11) is 0. The molecule has 1 aliphatic rings.